The molecule has 0 bridgehead atoms. The smallest absolute Gasteiger partial charge is 0.277 e. The van der Waals surface area contributed by atoms with Crippen LogP contribution in [0.3, 0.4) is 0 Å². The molecule has 1 aliphatic carbocycles. The molecule has 0 fully saturated rings. The van der Waals surface area contributed by atoms with Gasteiger partial charge in [0.25, 0.3) is 5.22 Å². The predicted octanol–water partition coefficient (Wildman–Crippen LogP) is 5.21. The second-order valence-electron chi connectivity index (χ2n) is 7.21. The monoisotopic (exact) mass is 378 g/mol. The van der Waals surface area contributed by atoms with Gasteiger partial charge in [-0.3, -0.25) is 4.79 Å². The maximum atomic E-state index is 12.8. The quantitative estimate of drug-likeness (QED) is 0.451. The molecule has 0 spiro atoms. The molecule has 4 nitrogen and oxygen atoms in total. The lowest BCUT2D eigenvalue weighted by molar-refractivity contribution is 0.0993. The van der Waals surface area contributed by atoms with Crippen LogP contribution in [-0.2, 0) is 12.8 Å². The summed E-state index contributed by atoms with van der Waals surface area (Å²) >= 11 is 1.31. The van der Waals surface area contributed by atoms with Gasteiger partial charge in [0.1, 0.15) is 0 Å². The number of nitrogens with zero attached hydrogens (tertiary/aromatic N) is 2. The third-order valence-electron chi connectivity index (χ3n) is 4.90. The van der Waals surface area contributed by atoms with E-state index < -0.39 is 0 Å². The molecule has 0 radical (unpaired) electrons. The minimum absolute atomic E-state index is 0.0980. The number of rotatable bonds is 5. The molecular weight excluding hydrogens is 356 g/mol. The lowest BCUT2D eigenvalue weighted by atomic mass is 10.0. The average Bonchev–Trinajstić information content (AvgIpc) is 3.28. The molecule has 4 rings (SSSR count). The Kier molecular flexibility index (Phi) is 4.87. The van der Waals surface area contributed by atoms with Crippen molar-refractivity contribution in [3.8, 4) is 11.5 Å². The number of Topliss-reactive ketones (excluding diaryl/α,β-unsaturated/α-hetero) is 1. The Morgan fingerprint density at radius 1 is 1.04 bits per heavy atom. The van der Waals surface area contributed by atoms with Crippen molar-refractivity contribution in [1.82, 2.24) is 10.2 Å². The summed E-state index contributed by atoms with van der Waals surface area (Å²) < 4.78 is 5.80. The van der Waals surface area contributed by atoms with Crippen LogP contribution in [0.4, 0.5) is 0 Å². The standard InChI is InChI=1S/C22H22N2O2S/c1-13-9-14(2)11-19(10-13)21-23-24-22(26-21)27-15(3)20(25)18-8-7-16-5-4-6-17(16)12-18/h7-12,15H,4-6H2,1-3H3/t15-/m0/s1. The normalized spacial score (nSPS) is 14.2. The highest BCUT2D eigenvalue weighted by Gasteiger charge is 2.22. The first-order valence-electron chi connectivity index (χ1n) is 9.24. The molecular formula is C22H22N2O2S. The van der Waals surface area contributed by atoms with Crippen LogP contribution in [0, 0.1) is 13.8 Å². The number of carbonyl (C=O) groups excluding carboxylic acids is 1. The molecule has 0 N–H and O–H groups in total. The summed E-state index contributed by atoms with van der Waals surface area (Å²) in [6.07, 6.45) is 3.37. The Balaban J connectivity index is 1.49. The van der Waals surface area contributed by atoms with Gasteiger partial charge in [-0.05, 0) is 69.4 Å². The largest absolute Gasteiger partial charge is 0.411 e. The zero-order valence-corrected chi connectivity index (χ0v) is 16.6. The fraction of sp³-hybridized carbons (Fsp3) is 0.318. The van der Waals surface area contributed by atoms with Crippen LogP contribution in [0.2, 0.25) is 0 Å². The summed E-state index contributed by atoms with van der Waals surface area (Å²) in [4.78, 5) is 12.8. The van der Waals surface area contributed by atoms with E-state index in [-0.39, 0.29) is 11.0 Å². The molecule has 0 aliphatic heterocycles. The van der Waals surface area contributed by atoms with Crippen molar-refractivity contribution in [2.24, 2.45) is 0 Å². The fourth-order valence-corrected chi connectivity index (χ4v) is 4.40. The number of hydrogen-bond donors (Lipinski definition) is 0. The van der Waals surface area contributed by atoms with E-state index >= 15 is 0 Å². The van der Waals surface area contributed by atoms with Gasteiger partial charge in [0.15, 0.2) is 5.78 Å². The third kappa shape index (κ3) is 3.83. The van der Waals surface area contributed by atoms with Gasteiger partial charge in [-0.2, -0.15) is 0 Å². The van der Waals surface area contributed by atoms with Crippen LogP contribution < -0.4 is 0 Å². The van der Waals surface area contributed by atoms with Crippen molar-refractivity contribution < 1.29 is 9.21 Å². The van der Waals surface area contributed by atoms with Crippen molar-refractivity contribution in [3.63, 3.8) is 0 Å². The maximum absolute atomic E-state index is 12.8. The number of aromatic nitrogens is 2. The molecule has 5 heteroatoms. The number of carbonyl (C=O) groups is 1. The van der Waals surface area contributed by atoms with E-state index in [0.717, 1.165) is 35.1 Å². The van der Waals surface area contributed by atoms with Crippen molar-refractivity contribution in [1.29, 1.82) is 0 Å². The van der Waals surface area contributed by atoms with Gasteiger partial charge in [0.05, 0.1) is 5.25 Å². The van der Waals surface area contributed by atoms with Gasteiger partial charge in [-0.1, -0.05) is 41.1 Å². The molecule has 3 aromatic rings. The topological polar surface area (TPSA) is 56.0 Å². The second-order valence-corrected chi connectivity index (χ2v) is 8.50. The molecule has 27 heavy (non-hydrogen) atoms. The summed E-state index contributed by atoms with van der Waals surface area (Å²) in [5.74, 6) is 0.585. The summed E-state index contributed by atoms with van der Waals surface area (Å²) in [5.41, 5.74) is 6.67. The zero-order chi connectivity index (χ0) is 19.0. The van der Waals surface area contributed by atoms with Crippen molar-refractivity contribution in [2.45, 2.75) is 50.5 Å². The highest BCUT2D eigenvalue weighted by molar-refractivity contribution is 8.00. The molecule has 0 amide bonds. The first-order chi connectivity index (χ1) is 13.0. The number of thioether (sulfide) groups is 1. The number of benzene rings is 2. The first-order valence-corrected chi connectivity index (χ1v) is 10.1. The second kappa shape index (κ2) is 7.31. The van der Waals surface area contributed by atoms with Gasteiger partial charge in [-0.25, -0.2) is 0 Å². The van der Waals surface area contributed by atoms with Crippen LogP contribution >= 0.6 is 11.8 Å². The van der Waals surface area contributed by atoms with Crippen molar-refractivity contribution in [2.75, 3.05) is 0 Å². The zero-order valence-electron chi connectivity index (χ0n) is 15.8. The van der Waals surface area contributed by atoms with E-state index in [4.69, 9.17) is 4.42 Å². The van der Waals surface area contributed by atoms with Crippen LogP contribution in [0.5, 0.6) is 0 Å². The Morgan fingerprint density at radius 3 is 2.56 bits per heavy atom. The van der Waals surface area contributed by atoms with Crippen LogP contribution in [0.1, 0.15) is 46.0 Å². The average molecular weight is 378 g/mol. The van der Waals surface area contributed by atoms with E-state index in [2.05, 4.69) is 28.4 Å². The lowest BCUT2D eigenvalue weighted by Gasteiger charge is -2.09. The number of hydrogen-bond acceptors (Lipinski definition) is 5. The summed E-state index contributed by atoms with van der Waals surface area (Å²) in [6.45, 7) is 5.97. The van der Waals surface area contributed by atoms with E-state index in [1.807, 2.05) is 39.0 Å². The van der Waals surface area contributed by atoms with Gasteiger partial charge >= 0.3 is 0 Å². The Hall–Kier alpha value is -2.40. The molecule has 0 saturated heterocycles. The molecule has 2 aromatic carbocycles. The highest BCUT2D eigenvalue weighted by atomic mass is 32.2. The van der Waals surface area contributed by atoms with Gasteiger partial charge in [0.2, 0.25) is 5.89 Å². The molecule has 0 unspecified atom stereocenters. The number of fused-ring (bicyclic) bond motifs is 1. The van der Waals surface area contributed by atoms with Gasteiger partial charge in [0, 0.05) is 11.1 Å². The van der Waals surface area contributed by atoms with Crippen molar-refractivity contribution >= 4 is 17.5 Å². The van der Waals surface area contributed by atoms with Crippen molar-refractivity contribution in [3.05, 3.63) is 64.2 Å². The van der Waals surface area contributed by atoms with E-state index in [0.29, 0.717) is 11.1 Å². The van der Waals surface area contributed by atoms with Crippen LogP contribution in [0.25, 0.3) is 11.5 Å². The van der Waals surface area contributed by atoms with Gasteiger partial charge in [-0.15, -0.1) is 10.2 Å². The van der Waals surface area contributed by atoms with E-state index in [1.54, 1.807) is 0 Å². The molecule has 138 valence electrons. The minimum Gasteiger partial charge on any atom is -0.411 e. The molecule has 1 aromatic heterocycles. The Bertz CT molecular complexity index is 989. The summed E-state index contributed by atoms with van der Waals surface area (Å²) in [5, 5.41) is 8.41. The predicted molar refractivity (Wildman–Crippen MR) is 107 cm³/mol. The summed E-state index contributed by atoms with van der Waals surface area (Å²) in [7, 11) is 0. The van der Waals surface area contributed by atoms with E-state index in [1.165, 1.54) is 29.3 Å². The third-order valence-corrected chi connectivity index (χ3v) is 5.84. The summed E-state index contributed by atoms with van der Waals surface area (Å²) in [6, 6.07) is 12.2. The molecule has 0 saturated carbocycles. The van der Waals surface area contributed by atoms with Gasteiger partial charge < -0.3 is 4.42 Å². The lowest BCUT2D eigenvalue weighted by Crippen LogP contribution is -2.13. The SMILES string of the molecule is Cc1cc(C)cc(-c2nnc(S[C@@H](C)C(=O)c3ccc4c(c3)CCC4)o2)c1. The fourth-order valence-electron chi connectivity index (χ4n) is 3.64. The van der Waals surface area contributed by atoms with Crippen LogP contribution in [0.15, 0.2) is 46.0 Å². The van der Waals surface area contributed by atoms with Crippen LogP contribution in [-0.4, -0.2) is 21.2 Å². The Morgan fingerprint density at radius 2 is 1.78 bits per heavy atom. The highest BCUT2D eigenvalue weighted by Crippen LogP contribution is 2.30. The Labute approximate surface area is 163 Å². The minimum atomic E-state index is -0.281. The molecule has 1 heterocycles. The van der Waals surface area contributed by atoms with E-state index in [9.17, 15) is 4.79 Å². The molecule has 1 aliphatic rings. The molecule has 1 atom stereocenters. The number of ketones is 1. The maximum Gasteiger partial charge on any atom is 0.277 e. The first kappa shape index (κ1) is 18.0. The number of aryl methyl sites for hydroxylation is 4.